The Labute approximate surface area is 124 Å². The van der Waals surface area contributed by atoms with E-state index >= 15 is 0 Å². The van der Waals surface area contributed by atoms with Crippen LogP contribution >= 0.6 is 0 Å². The highest BCUT2D eigenvalue weighted by atomic mass is 19.4. The first-order chi connectivity index (χ1) is 10.5. The molecule has 6 nitrogen and oxygen atoms in total. The van der Waals surface area contributed by atoms with Gasteiger partial charge in [-0.3, -0.25) is 0 Å². The molecular weight excluding hydrogens is 299 g/mol. The first kappa shape index (κ1) is 14.6. The molecule has 1 fully saturated rings. The Morgan fingerprint density at radius 3 is 2.59 bits per heavy atom. The van der Waals surface area contributed by atoms with Gasteiger partial charge in [-0.2, -0.15) is 13.2 Å². The molecule has 22 heavy (non-hydrogen) atoms. The number of rotatable bonds is 3. The highest BCUT2D eigenvalue weighted by molar-refractivity contribution is 5.37. The second kappa shape index (κ2) is 5.82. The minimum atomic E-state index is -4.46. The minimum Gasteiger partial charge on any atom is -0.432 e. The Hall–Kier alpha value is -2.32. The molecule has 2 aromatic rings. The molecule has 3 rings (SSSR count). The molecule has 1 aliphatic rings. The number of nitrogens with one attached hydrogen (secondary N) is 1. The van der Waals surface area contributed by atoms with Crippen LogP contribution in [0.4, 0.5) is 25.0 Å². The third kappa shape index (κ3) is 3.29. The lowest BCUT2D eigenvalue weighted by molar-refractivity contribution is -0.141. The number of hydrogen-bond donors (Lipinski definition) is 1. The fourth-order valence-electron chi connectivity index (χ4n) is 2.39. The topological polar surface area (TPSA) is 67.1 Å². The smallest absolute Gasteiger partial charge is 0.432 e. The molecule has 0 saturated carbocycles. The number of alkyl halides is 3. The second-order valence-corrected chi connectivity index (χ2v) is 5.01. The Bertz CT molecular complexity index is 608. The highest BCUT2D eigenvalue weighted by Crippen LogP contribution is 2.28. The average Bonchev–Trinajstić information content (AvgIpc) is 3.02. The van der Waals surface area contributed by atoms with Crippen molar-refractivity contribution < 1.29 is 17.6 Å². The molecule has 0 aromatic carbocycles. The molecule has 0 amide bonds. The number of anilines is 2. The molecule has 1 N–H and O–H groups in total. The molecule has 0 aliphatic carbocycles. The molecule has 0 bridgehead atoms. The summed E-state index contributed by atoms with van der Waals surface area (Å²) in [7, 11) is 0. The van der Waals surface area contributed by atoms with Crippen LogP contribution in [0.25, 0.3) is 0 Å². The summed E-state index contributed by atoms with van der Waals surface area (Å²) in [5, 5.41) is 3.03. The van der Waals surface area contributed by atoms with Gasteiger partial charge in [-0.1, -0.05) is 0 Å². The third-order valence-corrected chi connectivity index (χ3v) is 3.49. The monoisotopic (exact) mass is 313 g/mol. The number of piperidine rings is 1. The van der Waals surface area contributed by atoms with Crippen molar-refractivity contribution in [3.05, 3.63) is 30.5 Å². The molecule has 0 atom stereocenters. The summed E-state index contributed by atoms with van der Waals surface area (Å²) in [4.78, 5) is 13.2. The van der Waals surface area contributed by atoms with Crippen molar-refractivity contribution >= 4 is 11.8 Å². The van der Waals surface area contributed by atoms with Crippen LogP contribution in [-0.2, 0) is 6.18 Å². The Morgan fingerprint density at radius 1 is 1.18 bits per heavy atom. The van der Waals surface area contributed by atoms with Gasteiger partial charge in [0, 0.05) is 25.2 Å². The maximum atomic E-state index is 12.6. The van der Waals surface area contributed by atoms with Gasteiger partial charge in [0.05, 0.1) is 6.20 Å². The normalized spacial score (nSPS) is 16.8. The van der Waals surface area contributed by atoms with E-state index in [1.807, 2.05) is 4.90 Å². The number of halogens is 3. The van der Waals surface area contributed by atoms with E-state index in [0.717, 1.165) is 38.3 Å². The first-order valence-electron chi connectivity index (χ1n) is 6.82. The Balaban J connectivity index is 1.59. The predicted octanol–water partition coefficient (Wildman–Crippen LogP) is 2.56. The summed E-state index contributed by atoms with van der Waals surface area (Å²) < 4.78 is 43.1. The van der Waals surface area contributed by atoms with Gasteiger partial charge >= 0.3 is 6.18 Å². The summed E-state index contributed by atoms with van der Waals surface area (Å²) in [6.45, 7) is 1.44. The minimum absolute atomic E-state index is 0.0576. The van der Waals surface area contributed by atoms with Crippen LogP contribution in [0, 0.1) is 0 Å². The van der Waals surface area contributed by atoms with Crippen LogP contribution < -0.4 is 10.2 Å². The van der Waals surface area contributed by atoms with Gasteiger partial charge in [-0.15, -0.1) is 0 Å². The van der Waals surface area contributed by atoms with Crippen molar-refractivity contribution in [2.45, 2.75) is 25.1 Å². The van der Waals surface area contributed by atoms with Gasteiger partial charge < -0.3 is 14.6 Å². The molecular formula is C13H14F3N5O. The van der Waals surface area contributed by atoms with E-state index in [4.69, 9.17) is 4.42 Å². The van der Waals surface area contributed by atoms with Crippen LogP contribution in [0.5, 0.6) is 0 Å². The van der Waals surface area contributed by atoms with Gasteiger partial charge in [0.2, 0.25) is 0 Å². The van der Waals surface area contributed by atoms with Gasteiger partial charge in [0.1, 0.15) is 24.1 Å². The molecule has 118 valence electrons. The summed E-state index contributed by atoms with van der Waals surface area (Å²) in [6, 6.07) is 1.56. The van der Waals surface area contributed by atoms with E-state index in [0.29, 0.717) is 6.01 Å². The molecule has 1 saturated heterocycles. The van der Waals surface area contributed by atoms with Gasteiger partial charge in [0.15, 0.2) is 0 Å². The second-order valence-electron chi connectivity index (χ2n) is 5.01. The maximum Gasteiger partial charge on any atom is 0.433 e. The first-order valence-corrected chi connectivity index (χ1v) is 6.82. The number of oxazole rings is 1. The van der Waals surface area contributed by atoms with Crippen molar-refractivity contribution in [2.24, 2.45) is 0 Å². The molecule has 0 spiro atoms. The van der Waals surface area contributed by atoms with Gasteiger partial charge in [-0.25, -0.2) is 15.0 Å². The van der Waals surface area contributed by atoms with Crippen molar-refractivity contribution in [1.82, 2.24) is 15.0 Å². The number of nitrogens with zero attached hydrogens (tertiary/aromatic N) is 4. The van der Waals surface area contributed by atoms with Gasteiger partial charge in [-0.05, 0) is 12.8 Å². The SMILES string of the molecule is FC(F)(F)c1cc(NC2CCN(c3ncco3)CC2)ncn1. The lowest BCUT2D eigenvalue weighted by Gasteiger charge is -2.31. The molecule has 1 aliphatic heterocycles. The zero-order valence-electron chi connectivity index (χ0n) is 11.5. The highest BCUT2D eigenvalue weighted by Gasteiger charge is 2.33. The zero-order valence-corrected chi connectivity index (χ0v) is 11.5. The standard InChI is InChI=1S/C13H14F3N5O/c14-13(15,16)10-7-11(19-8-18-10)20-9-1-4-21(5-2-9)12-17-3-6-22-12/h3,6-9H,1-2,4-5H2,(H,18,19,20). The fourth-order valence-corrected chi connectivity index (χ4v) is 2.39. The van der Waals surface area contributed by atoms with Crippen LogP contribution in [0.1, 0.15) is 18.5 Å². The van der Waals surface area contributed by atoms with Crippen LogP contribution in [0.15, 0.2) is 29.3 Å². The van der Waals surface area contributed by atoms with Crippen molar-refractivity contribution in [2.75, 3.05) is 23.3 Å². The number of aromatic nitrogens is 3. The Morgan fingerprint density at radius 2 is 1.95 bits per heavy atom. The molecule has 0 radical (unpaired) electrons. The van der Waals surface area contributed by atoms with E-state index in [1.54, 1.807) is 6.20 Å². The summed E-state index contributed by atoms with van der Waals surface area (Å²) in [6.07, 6.45) is 1.07. The summed E-state index contributed by atoms with van der Waals surface area (Å²) >= 11 is 0. The van der Waals surface area contributed by atoms with E-state index < -0.39 is 11.9 Å². The third-order valence-electron chi connectivity index (χ3n) is 3.49. The van der Waals surface area contributed by atoms with Crippen molar-refractivity contribution in [1.29, 1.82) is 0 Å². The van der Waals surface area contributed by atoms with Crippen LogP contribution in [0.2, 0.25) is 0 Å². The average molecular weight is 313 g/mol. The van der Waals surface area contributed by atoms with E-state index in [-0.39, 0.29) is 11.9 Å². The molecule has 0 unspecified atom stereocenters. The largest absolute Gasteiger partial charge is 0.433 e. The molecule has 2 aromatic heterocycles. The lowest BCUT2D eigenvalue weighted by Crippen LogP contribution is -2.39. The quantitative estimate of drug-likeness (QED) is 0.939. The number of hydrogen-bond acceptors (Lipinski definition) is 6. The van der Waals surface area contributed by atoms with Gasteiger partial charge in [0.25, 0.3) is 6.01 Å². The lowest BCUT2D eigenvalue weighted by atomic mass is 10.1. The van der Waals surface area contributed by atoms with Crippen LogP contribution in [0.3, 0.4) is 0 Å². The summed E-state index contributed by atoms with van der Waals surface area (Å²) in [5.41, 5.74) is -0.942. The van der Waals surface area contributed by atoms with Crippen molar-refractivity contribution in [3.8, 4) is 0 Å². The predicted molar refractivity (Wildman–Crippen MR) is 72.4 cm³/mol. The fraction of sp³-hybridized carbons (Fsp3) is 0.462. The van der Waals surface area contributed by atoms with E-state index in [9.17, 15) is 13.2 Å². The molecule has 3 heterocycles. The maximum absolute atomic E-state index is 12.6. The van der Waals surface area contributed by atoms with Crippen LogP contribution in [-0.4, -0.2) is 34.1 Å². The summed E-state index contributed by atoms with van der Waals surface area (Å²) in [5.74, 6) is 0.192. The molecule has 9 heteroatoms. The van der Waals surface area contributed by atoms with E-state index in [1.165, 1.54) is 6.26 Å². The van der Waals surface area contributed by atoms with Crippen molar-refractivity contribution in [3.63, 3.8) is 0 Å². The zero-order chi connectivity index (χ0) is 15.6. The Kier molecular flexibility index (Phi) is 3.86. The van der Waals surface area contributed by atoms with E-state index in [2.05, 4.69) is 20.3 Å².